The normalized spacial score (nSPS) is 19.3. The zero-order chi connectivity index (χ0) is 19.8. The number of thiocarbonyl (C=S) groups is 1. The second-order valence-corrected chi connectivity index (χ2v) is 8.16. The molecule has 4 nitrogen and oxygen atoms in total. The second kappa shape index (κ2) is 7.74. The number of halogens is 2. The zero-order valence-corrected chi connectivity index (χ0v) is 17.7. The van der Waals surface area contributed by atoms with Crippen LogP contribution in [0.1, 0.15) is 37.4 Å². The van der Waals surface area contributed by atoms with Gasteiger partial charge in [0.05, 0.1) is 21.8 Å². The highest BCUT2D eigenvalue weighted by atomic mass is 35.5. The number of nitrogens with one attached hydrogen (secondary N) is 1. The van der Waals surface area contributed by atoms with Gasteiger partial charge in [0.1, 0.15) is 17.6 Å². The molecule has 0 amide bonds. The van der Waals surface area contributed by atoms with Crippen LogP contribution in [-0.2, 0) is 0 Å². The van der Waals surface area contributed by atoms with Gasteiger partial charge < -0.3 is 14.6 Å². The van der Waals surface area contributed by atoms with E-state index < -0.39 is 0 Å². The maximum atomic E-state index is 6.26. The van der Waals surface area contributed by atoms with Gasteiger partial charge in [-0.15, -0.1) is 0 Å². The van der Waals surface area contributed by atoms with Crippen molar-refractivity contribution in [3.8, 4) is 11.3 Å². The maximum Gasteiger partial charge on any atom is 0.170 e. The van der Waals surface area contributed by atoms with Crippen molar-refractivity contribution in [2.75, 3.05) is 0 Å². The number of aromatic nitrogens is 1. The Morgan fingerprint density at radius 2 is 1.93 bits per heavy atom. The summed E-state index contributed by atoms with van der Waals surface area (Å²) in [5, 5.41) is 5.12. The summed E-state index contributed by atoms with van der Waals surface area (Å²) in [6.45, 7) is 4.23. The predicted molar refractivity (Wildman–Crippen MR) is 117 cm³/mol. The second-order valence-electron chi connectivity index (χ2n) is 6.96. The molecule has 1 fully saturated rings. The molecular formula is C21H19Cl2N3OS. The van der Waals surface area contributed by atoms with E-state index in [-0.39, 0.29) is 18.1 Å². The number of pyridine rings is 1. The molecule has 1 N–H and O–H groups in total. The van der Waals surface area contributed by atoms with Gasteiger partial charge >= 0.3 is 0 Å². The molecule has 7 heteroatoms. The van der Waals surface area contributed by atoms with Gasteiger partial charge in [0.2, 0.25) is 0 Å². The molecule has 144 valence electrons. The van der Waals surface area contributed by atoms with Crippen LogP contribution in [0.3, 0.4) is 0 Å². The summed E-state index contributed by atoms with van der Waals surface area (Å²) in [4.78, 5) is 6.69. The van der Waals surface area contributed by atoms with E-state index in [9.17, 15) is 0 Å². The van der Waals surface area contributed by atoms with Gasteiger partial charge in [-0.05, 0) is 68.5 Å². The topological polar surface area (TPSA) is 41.3 Å². The summed E-state index contributed by atoms with van der Waals surface area (Å²) in [5.74, 6) is 1.55. The van der Waals surface area contributed by atoms with Crippen LogP contribution < -0.4 is 5.32 Å². The molecule has 4 rings (SSSR count). The Labute approximate surface area is 179 Å². The van der Waals surface area contributed by atoms with Gasteiger partial charge in [0.25, 0.3) is 0 Å². The number of nitrogens with zero attached hydrogens (tertiary/aromatic N) is 2. The molecular weight excluding hydrogens is 413 g/mol. The van der Waals surface area contributed by atoms with Gasteiger partial charge in [-0.25, -0.2) is 0 Å². The van der Waals surface area contributed by atoms with Crippen molar-refractivity contribution >= 4 is 40.5 Å². The molecule has 2 unspecified atom stereocenters. The van der Waals surface area contributed by atoms with Crippen LogP contribution in [0.15, 0.2) is 59.1 Å². The fourth-order valence-corrected chi connectivity index (χ4v) is 4.29. The van der Waals surface area contributed by atoms with Crippen molar-refractivity contribution in [2.45, 2.75) is 32.0 Å². The minimum absolute atomic E-state index is 0.0936. The zero-order valence-electron chi connectivity index (χ0n) is 15.4. The smallest absolute Gasteiger partial charge is 0.170 e. The van der Waals surface area contributed by atoms with Gasteiger partial charge in [-0.2, -0.15) is 0 Å². The summed E-state index contributed by atoms with van der Waals surface area (Å²) >= 11 is 17.8. The molecule has 3 aromatic rings. The first-order valence-corrected chi connectivity index (χ1v) is 10.2. The third-order valence-electron chi connectivity index (χ3n) is 4.81. The van der Waals surface area contributed by atoms with Crippen LogP contribution in [0.5, 0.6) is 0 Å². The van der Waals surface area contributed by atoms with E-state index in [2.05, 4.69) is 29.0 Å². The van der Waals surface area contributed by atoms with E-state index in [0.717, 1.165) is 22.8 Å². The molecule has 0 spiro atoms. The summed E-state index contributed by atoms with van der Waals surface area (Å²) in [6.07, 6.45) is 1.79. The SMILES string of the molecule is CC(C)N1C(=S)NC(c2ccccn2)C1c1ccc(-c2ccc(Cl)c(Cl)c2)o1. The summed E-state index contributed by atoms with van der Waals surface area (Å²) < 4.78 is 6.26. The first-order valence-electron chi connectivity index (χ1n) is 9.00. The number of hydrogen-bond acceptors (Lipinski definition) is 3. The van der Waals surface area contributed by atoms with Crippen molar-refractivity contribution in [3.05, 3.63) is 76.2 Å². The highest BCUT2D eigenvalue weighted by molar-refractivity contribution is 7.80. The molecule has 0 radical (unpaired) electrons. The van der Waals surface area contributed by atoms with E-state index in [1.807, 2.05) is 36.4 Å². The highest BCUT2D eigenvalue weighted by Gasteiger charge is 2.42. The van der Waals surface area contributed by atoms with Crippen molar-refractivity contribution < 1.29 is 4.42 Å². The van der Waals surface area contributed by atoms with Crippen LogP contribution in [0.25, 0.3) is 11.3 Å². The molecule has 1 aliphatic heterocycles. The third kappa shape index (κ3) is 3.50. The average Bonchev–Trinajstić information content (AvgIpc) is 3.29. The molecule has 28 heavy (non-hydrogen) atoms. The quantitative estimate of drug-likeness (QED) is 0.510. The van der Waals surface area contributed by atoms with Crippen molar-refractivity contribution in [2.24, 2.45) is 0 Å². The lowest BCUT2D eigenvalue weighted by molar-refractivity contribution is 0.237. The Morgan fingerprint density at radius 1 is 1.11 bits per heavy atom. The lowest BCUT2D eigenvalue weighted by atomic mass is 10.0. The van der Waals surface area contributed by atoms with Crippen LogP contribution in [0.2, 0.25) is 10.0 Å². The Kier molecular flexibility index (Phi) is 5.32. The molecule has 1 saturated heterocycles. The molecule has 1 aliphatic rings. The first-order chi connectivity index (χ1) is 13.5. The average molecular weight is 432 g/mol. The summed E-state index contributed by atoms with van der Waals surface area (Å²) in [7, 11) is 0. The molecule has 0 aliphatic carbocycles. The van der Waals surface area contributed by atoms with E-state index in [4.69, 9.17) is 39.8 Å². The fraction of sp³-hybridized carbons (Fsp3) is 0.238. The van der Waals surface area contributed by atoms with Crippen LogP contribution >= 0.6 is 35.4 Å². The third-order valence-corrected chi connectivity index (χ3v) is 5.88. The van der Waals surface area contributed by atoms with Crippen LogP contribution in [0.4, 0.5) is 0 Å². The molecule has 0 saturated carbocycles. The van der Waals surface area contributed by atoms with E-state index in [1.54, 1.807) is 18.3 Å². The van der Waals surface area contributed by atoms with Crippen molar-refractivity contribution in [1.29, 1.82) is 0 Å². The summed E-state index contributed by atoms with van der Waals surface area (Å²) in [6, 6.07) is 15.3. The van der Waals surface area contributed by atoms with Gasteiger partial charge in [0, 0.05) is 17.8 Å². The van der Waals surface area contributed by atoms with Gasteiger partial charge in [-0.3, -0.25) is 4.98 Å². The largest absolute Gasteiger partial charge is 0.459 e. The highest BCUT2D eigenvalue weighted by Crippen LogP contribution is 2.41. The monoisotopic (exact) mass is 431 g/mol. The van der Waals surface area contributed by atoms with Gasteiger partial charge in [-0.1, -0.05) is 29.3 Å². The number of rotatable bonds is 4. The Morgan fingerprint density at radius 3 is 2.61 bits per heavy atom. The van der Waals surface area contributed by atoms with Crippen LogP contribution in [-0.4, -0.2) is 21.0 Å². The van der Waals surface area contributed by atoms with Crippen LogP contribution in [0, 0.1) is 0 Å². The van der Waals surface area contributed by atoms with Gasteiger partial charge in [0.15, 0.2) is 5.11 Å². The number of benzene rings is 1. The first kappa shape index (κ1) is 19.2. The molecule has 3 heterocycles. The molecule has 0 bridgehead atoms. The van der Waals surface area contributed by atoms with E-state index in [1.165, 1.54) is 0 Å². The maximum absolute atomic E-state index is 6.26. The predicted octanol–water partition coefficient (Wildman–Crippen LogP) is 6.03. The number of furan rings is 1. The Balaban J connectivity index is 1.74. The minimum Gasteiger partial charge on any atom is -0.459 e. The van der Waals surface area contributed by atoms with E-state index in [0.29, 0.717) is 15.2 Å². The standard InChI is InChI=1S/C21H19Cl2N3OS/c1-12(2)26-20(19(25-21(26)28)16-5-3-4-10-24-16)18-9-8-17(27-18)13-6-7-14(22)15(23)11-13/h3-12,19-20H,1-2H3,(H,25,28). The van der Waals surface area contributed by atoms with Crippen molar-refractivity contribution in [1.82, 2.24) is 15.2 Å². The van der Waals surface area contributed by atoms with E-state index >= 15 is 0 Å². The molecule has 1 aromatic carbocycles. The Bertz CT molecular complexity index is 1010. The van der Waals surface area contributed by atoms with Crippen molar-refractivity contribution in [3.63, 3.8) is 0 Å². The lowest BCUT2D eigenvalue weighted by Crippen LogP contribution is -2.35. The lowest BCUT2D eigenvalue weighted by Gasteiger charge is -2.29. The number of hydrogen-bond donors (Lipinski definition) is 1. The molecule has 2 aromatic heterocycles. The Hall–Kier alpha value is -2.08. The fourth-order valence-electron chi connectivity index (χ4n) is 3.54. The summed E-state index contributed by atoms with van der Waals surface area (Å²) in [5.41, 5.74) is 1.80. The molecule has 2 atom stereocenters. The minimum atomic E-state index is -0.0982.